The first kappa shape index (κ1) is 11.3. The molecule has 2 aliphatic heterocycles. The molecule has 1 unspecified atom stereocenters. The van der Waals surface area contributed by atoms with Crippen molar-refractivity contribution in [3.63, 3.8) is 0 Å². The summed E-state index contributed by atoms with van der Waals surface area (Å²) in [5.41, 5.74) is 0. The third-order valence-corrected chi connectivity index (χ3v) is 3.46. The highest BCUT2D eigenvalue weighted by Gasteiger charge is 2.30. The summed E-state index contributed by atoms with van der Waals surface area (Å²) in [6, 6.07) is 0.762. The van der Waals surface area contributed by atoms with Gasteiger partial charge in [-0.25, -0.2) is 0 Å². The summed E-state index contributed by atoms with van der Waals surface area (Å²) in [7, 11) is 6.54. The minimum absolute atomic E-state index is 0.762. The molecule has 0 aliphatic carbocycles. The molecule has 0 bridgehead atoms. The van der Waals surface area contributed by atoms with E-state index in [1.54, 1.807) is 0 Å². The Balaban J connectivity index is 1.86. The lowest BCUT2D eigenvalue weighted by atomic mass is 10.1. The molecule has 2 aliphatic rings. The van der Waals surface area contributed by atoms with E-state index < -0.39 is 0 Å². The van der Waals surface area contributed by atoms with Gasteiger partial charge in [0.1, 0.15) is 0 Å². The zero-order valence-electron chi connectivity index (χ0n) is 10.3. The fourth-order valence-corrected chi connectivity index (χ4v) is 2.70. The van der Waals surface area contributed by atoms with E-state index in [2.05, 4.69) is 40.7 Å². The van der Waals surface area contributed by atoms with E-state index in [0.29, 0.717) is 0 Å². The second kappa shape index (κ2) is 4.78. The van der Waals surface area contributed by atoms with Crippen LogP contribution in [0.1, 0.15) is 0 Å². The lowest BCUT2D eigenvalue weighted by molar-refractivity contribution is 0.00601. The van der Waals surface area contributed by atoms with Gasteiger partial charge >= 0.3 is 0 Å². The Kier molecular flexibility index (Phi) is 3.61. The highest BCUT2D eigenvalue weighted by Crippen LogP contribution is 2.14. The third kappa shape index (κ3) is 2.91. The zero-order chi connectivity index (χ0) is 10.8. The molecule has 88 valence electrons. The van der Waals surface area contributed by atoms with Gasteiger partial charge in [0.2, 0.25) is 0 Å². The Morgan fingerprint density at radius 1 is 1.07 bits per heavy atom. The molecule has 0 aromatic heterocycles. The van der Waals surface area contributed by atoms with Crippen molar-refractivity contribution in [2.75, 3.05) is 67.1 Å². The van der Waals surface area contributed by atoms with Crippen molar-refractivity contribution in [3.05, 3.63) is 0 Å². The fraction of sp³-hybridized carbons (Fsp3) is 1.00. The quantitative estimate of drug-likeness (QED) is 0.608. The summed E-state index contributed by atoms with van der Waals surface area (Å²) in [6.07, 6.45) is 0. The van der Waals surface area contributed by atoms with Crippen LogP contribution in [0.3, 0.4) is 0 Å². The minimum atomic E-state index is 0.762. The van der Waals surface area contributed by atoms with Gasteiger partial charge in [0.05, 0.1) is 6.67 Å². The van der Waals surface area contributed by atoms with Gasteiger partial charge in [-0.3, -0.25) is 14.7 Å². The minimum Gasteiger partial charge on any atom is -0.303 e. The van der Waals surface area contributed by atoms with Gasteiger partial charge in [0.15, 0.2) is 0 Å². The molecule has 0 aromatic rings. The molecule has 2 heterocycles. The summed E-state index contributed by atoms with van der Waals surface area (Å²) < 4.78 is 0. The van der Waals surface area contributed by atoms with Crippen LogP contribution in [-0.2, 0) is 0 Å². The summed E-state index contributed by atoms with van der Waals surface area (Å²) in [6.45, 7) is 8.58. The molecule has 0 spiro atoms. The van der Waals surface area contributed by atoms with Crippen molar-refractivity contribution in [2.45, 2.75) is 6.04 Å². The lowest BCUT2D eigenvalue weighted by Crippen LogP contribution is -2.61. The maximum Gasteiger partial charge on any atom is 0.0501 e. The van der Waals surface area contributed by atoms with Crippen molar-refractivity contribution < 1.29 is 0 Å². The molecular formula is C11H24N4. The van der Waals surface area contributed by atoms with Crippen LogP contribution in [0.5, 0.6) is 0 Å². The monoisotopic (exact) mass is 212 g/mol. The van der Waals surface area contributed by atoms with Crippen molar-refractivity contribution in [2.24, 2.45) is 0 Å². The molecule has 2 fully saturated rings. The average molecular weight is 212 g/mol. The summed E-state index contributed by atoms with van der Waals surface area (Å²) in [4.78, 5) is 9.95. The van der Waals surface area contributed by atoms with Gasteiger partial charge in [-0.1, -0.05) is 0 Å². The Hall–Kier alpha value is -0.160. The van der Waals surface area contributed by atoms with Crippen molar-refractivity contribution in [3.8, 4) is 0 Å². The van der Waals surface area contributed by atoms with Gasteiger partial charge in [-0.2, -0.15) is 0 Å². The summed E-state index contributed by atoms with van der Waals surface area (Å²) >= 11 is 0. The van der Waals surface area contributed by atoms with Crippen LogP contribution < -0.4 is 0 Å². The van der Waals surface area contributed by atoms with Gasteiger partial charge in [0.25, 0.3) is 0 Å². The van der Waals surface area contributed by atoms with Gasteiger partial charge in [0, 0.05) is 45.3 Å². The molecule has 2 rings (SSSR count). The van der Waals surface area contributed by atoms with E-state index in [4.69, 9.17) is 0 Å². The van der Waals surface area contributed by atoms with E-state index in [0.717, 1.165) is 12.7 Å². The van der Waals surface area contributed by atoms with E-state index >= 15 is 0 Å². The maximum absolute atomic E-state index is 2.66. The standard InChI is InChI=1S/C11H24N4/c1-12(2)10-14-5-7-15-6-4-13(3)8-11(15)9-14/h11H,4-10H2,1-3H3. The molecule has 0 saturated carbocycles. The number of hydrogen-bond donors (Lipinski definition) is 0. The molecule has 0 amide bonds. The Morgan fingerprint density at radius 2 is 1.80 bits per heavy atom. The van der Waals surface area contributed by atoms with E-state index in [9.17, 15) is 0 Å². The number of hydrogen-bond acceptors (Lipinski definition) is 4. The predicted octanol–water partition coefficient (Wildman–Crippen LogP) is -0.563. The normalized spacial score (nSPS) is 30.8. The van der Waals surface area contributed by atoms with Gasteiger partial charge in [-0.15, -0.1) is 0 Å². The number of likely N-dealkylation sites (N-methyl/N-ethyl adjacent to an activating group) is 1. The SMILES string of the molecule is CN(C)CN1CCN2CCN(C)CC2C1. The van der Waals surface area contributed by atoms with Crippen LogP contribution in [0.4, 0.5) is 0 Å². The first-order chi connectivity index (χ1) is 7.15. The molecule has 2 saturated heterocycles. The Morgan fingerprint density at radius 3 is 2.53 bits per heavy atom. The van der Waals surface area contributed by atoms with Crippen molar-refractivity contribution >= 4 is 0 Å². The number of fused-ring (bicyclic) bond motifs is 1. The molecule has 4 nitrogen and oxygen atoms in total. The number of nitrogens with zero attached hydrogens (tertiary/aromatic N) is 4. The third-order valence-electron chi connectivity index (χ3n) is 3.46. The Bertz CT molecular complexity index is 207. The highest BCUT2D eigenvalue weighted by atomic mass is 15.4. The fourth-order valence-electron chi connectivity index (χ4n) is 2.70. The molecule has 4 heteroatoms. The first-order valence-electron chi connectivity index (χ1n) is 5.95. The average Bonchev–Trinajstić information content (AvgIpc) is 2.16. The van der Waals surface area contributed by atoms with Crippen LogP contribution in [0.2, 0.25) is 0 Å². The largest absolute Gasteiger partial charge is 0.303 e. The Labute approximate surface area is 93.4 Å². The lowest BCUT2D eigenvalue weighted by Gasteiger charge is -2.47. The van der Waals surface area contributed by atoms with Crippen LogP contribution in [0, 0.1) is 0 Å². The smallest absolute Gasteiger partial charge is 0.0501 e. The number of rotatable bonds is 2. The predicted molar refractivity (Wildman–Crippen MR) is 63.0 cm³/mol. The molecule has 0 radical (unpaired) electrons. The van der Waals surface area contributed by atoms with E-state index in [1.165, 1.54) is 39.3 Å². The second-order valence-corrected chi connectivity index (χ2v) is 5.25. The van der Waals surface area contributed by atoms with Crippen LogP contribution in [0.25, 0.3) is 0 Å². The van der Waals surface area contributed by atoms with Crippen LogP contribution in [-0.4, -0.2) is 92.7 Å². The van der Waals surface area contributed by atoms with Gasteiger partial charge in [-0.05, 0) is 21.1 Å². The van der Waals surface area contributed by atoms with Crippen LogP contribution in [0.15, 0.2) is 0 Å². The molecule has 0 aromatic carbocycles. The van der Waals surface area contributed by atoms with Crippen molar-refractivity contribution in [1.29, 1.82) is 0 Å². The van der Waals surface area contributed by atoms with Crippen LogP contribution >= 0.6 is 0 Å². The van der Waals surface area contributed by atoms with Gasteiger partial charge < -0.3 is 4.90 Å². The number of piperazine rings is 2. The molecule has 15 heavy (non-hydrogen) atoms. The first-order valence-corrected chi connectivity index (χ1v) is 5.95. The summed E-state index contributed by atoms with van der Waals surface area (Å²) in [5, 5.41) is 0. The van der Waals surface area contributed by atoms with Crippen molar-refractivity contribution in [1.82, 2.24) is 19.6 Å². The molecule has 0 N–H and O–H groups in total. The highest BCUT2D eigenvalue weighted by molar-refractivity contribution is 4.87. The van der Waals surface area contributed by atoms with E-state index in [1.807, 2.05) is 0 Å². The van der Waals surface area contributed by atoms with E-state index in [-0.39, 0.29) is 0 Å². The topological polar surface area (TPSA) is 13.0 Å². The summed E-state index contributed by atoms with van der Waals surface area (Å²) in [5.74, 6) is 0. The molecular weight excluding hydrogens is 188 g/mol. The maximum atomic E-state index is 2.66. The zero-order valence-corrected chi connectivity index (χ0v) is 10.3. The second-order valence-electron chi connectivity index (χ2n) is 5.25. The molecule has 1 atom stereocenters.